The number of aromatic nitrogens is 1. The molecule has 32 heavy (non-hydrogen) atoms. The molecule has 0 saturated heterocycles. The maximum Gasteiger partial charge on any atom is 0.323 e. The molecule has 0 saturated carbocycles. The molecule has 0 atom stereocenters. The zero-order chi connectivity index (χ0) is 22.5. The van der Waals surface area contributed by atoms with Gasteiger partial charge in [-0.1, -0.05) is 18.2 Å². The van der Waals surface area contributed by atoms with Crippen LogP contribution in [0.4, 0.5) is 0 Å². The molecule has 0 radical (unpaired) electrons. The van der Waals surface area contributed by atoms with E-state index < -0.39 is 5.97 Å². The van der Waals surface area contributed by atoms with Crippen molar-refractivity contribution >= 4 is 27.8 Å². The van der Waals surface area contributed by atoms with Crippen molar-refractivity contribution in [2.45, 2.75) is 13.0 Å². The van der Waals surface area contributed by atoms with E-state index in [1.165, 1.54) is 0 Å². The zero-order valence-corrected chi connectivity index (χ0v) is 18.0. The molecular weight excluding hydrogens is 410 g/mol. The van der Waals surface area contributed by atoms with Crippen molar-refractivity contribution < 1.29 is 28.8 Å². The highest BCUT2D eigenvalue weighted by Gasteiger charge is 2.13. The SMILES string of the molecule is COc1ccc(OCCCOc2ccc3c4ccccc4n(CC(=O)O)c3c2)cc1OC. The summed E-state index contributed by atoms with van der Waals surface area (Å²) in [6.45, 7) is 0.849. The number of hydrogen-bond donors (Lipinski definition) is 1. The minimum absolute atomic E-state index is 0.105. The number of rotatable bonds is 10. The van der Waals surface area contributed by atoms with E-state index in [-0.39, 0.29) is 6.54 Å². The van der Waals surface area contributed by atoms with E-state index in [4.69, 9.17) is 18.9 Å². The van der Waals surface area contributed by atoms with E-state index in [1.807, 2.05) is 48.5 Å². The molecule has 7 nitrogen and oxygen atoms in total. The van der Waals surface area contributed by atoms with Crippen LogP contribution >= 0.6 is 0 Å². The Kier molecular flexibility index (Phi) is 6.35. The van der Waals surface area contributed by atoms with E-state index in [1.54, 1.807) is 30.9 Å². The standard InChI is InChI=1S/C25H25NO6/c1-29-23-11-9-18(15-24(23)30-2)32-13-5-12-31-17-8-10-20-19-6-3-4-7-21(19)26(16-25(27)28)22(20)14-17/h3-4,6-11,14-15H,5,12-13,16H2,1-2H3,(H,27,28). The Labute approximate surface area is 185 Å². The molecule has 0 amide bonds. The molecule has 4 aromatic rings. The van der Waals surface area contributed by atoms with Crippen molar-refractivity contribution in [2.24, 2.45) is 0 Å². The second-order valence-electron chi connectivity index (χ2n) is 7.24. The number of hydrogen-bond acceptors (Lipinski definition) is 5. The third-order valence-corrected chi connectivity index (χ3v) is 5.22. The lowest BCUT2D eigenvalue weighted by atomic mass is 10.1. The summed E-state index contributed by atoms with van der Waals surface area (Å²) in [6, 6.07) is 19.0. The number of aliphatic carboxylic acids is 1. The molecule has 0 bridgehead atoms. The fourth-order valence-corrected chi connectivity index (χ4v) is 3.77. The van der Waals surface area contributed by atoms with Crippen LogP contribution in [-0.2, 0) is 11.3 Å². The number of nitrogens with zero attached hydrogens (tertiary/aromatic N) is 1. The van der Waals surface area contributed by atoms with Gasteiger partial charge in [0.2, 0.25) is 0 Å². The number of fused-ring (bicyclic) bond motifs is 3. The average molecular weight is 435 g/mol. The first kappa shape index (κ1) is 21.4. The number of benzene rings is 3. The summed E-state index contributed by atoms with van der Waals surface area (Å²) in [5, 5.41) is 11.4. The summed E-state index contributed by atoms with van der Waals surface area (Å²) in [7, 11) is 3.18. The van der Waals surface area contributed by atoms with Gasteiger partial charge in [-0.15, -0.1) is 0 Å². The fourth-order valence-electron chi connectivity index (χ4n) is 3.77. The van der Waals surface area contributed by atoms with Crippen molar-refractivity contribution in [3.63, 3.8) is 0 Å². The van der Waals surface area contributed by atoms with Crippen LogP contribution in [0.1, 0.15) is 6.42 Å². The predicted molar refractivity (Wildman–Crippen MR) is 122 cm³/mol. The molecule has 166 valence electrons. The van der Waals surface area contributed by atoms with Gasteiger partial charge in [-0.2, -0.15) is 0 Å². The van der Waals surface area contributed by atoms with Crippen LogP contribution in [0, 0.1) is 0 Å². The molecule has 0 aliphatic rings. The van der Waals surface area contributed by atoms with Gasteiger partial charge in [0.05, 0.1) is 33.0 Å². The maximum absolute atomic E-state index is 11.4. The van der Waals surface area contributed by atoms with Crippen LogP contribution in [0.2, 0.25) is 0 Å². The zero-order valence-electron chi connectivity index (χ0n) is 18.0. The second-order valence-corrected chi connectivity index (χ2v) is 7.24. The van der Waals surface area contributed by atoms with E-state index in [0.29, 0.717) is 42.6 Å². The summed E-state index contributed by atoms with van der Waals surface area (Å²) >= 11 is 0. The maximum atomic E-state index is 11.4. The van der Waals surface area contributed by atoms with Crippen molar-refractivity contribution in [2.75, 3.05) is 27.4 Å². The van der Waals surface area contributed by atoms with Crippen LogP contribution in [-0.4, -0.2) is 43.1 Å². The van der Waals surface area contributed by atoms with E-state index >= 15 is 0 Å². The highest BCUT2D eigenvalue weighted by molar-refractivity contribution is 6.08. The quantitative estimate of drug-likeness (QED) is 0.362. The minimum atomic E-state index is -0.883. The van der Waals surface area contributed by atoms with Gasteiger partial charge in [0.15, 0.2) is 11.5 Å². The third kappa shape index (κ3) is 4.42. The lowest BCUT2D eigenvalue weighted by molar-refractivity contribution is -0.137. The van der Waals surface area contributed by atoms with Gasteiger partial charge < -0.3 is 28.6 Å². The molecule has 1 aromatic heterocycles. The Morgan fingerprint density at radius 3 is 2.19 bits per heavy atom. The van der Waals surface area contributed by atoms with Gasteiger partial charge in [0.25, 0.3) is 0 Å². The predicted octanol–water partition coefficient (Wildman–Crippen LogP) is 4.74. The minimum Gasteiger partial charge on any atom is -0.493 e. The highest BCUT2D eigenvalue weighted by Crippen LogP contribution is 2.32. The Morgan fingerprint density at radius 1 is 0.812 bits per heavy atom. The largest absolute Gasteiger partial charge is 0.493 e. The normalized spacial score (nSPS) is 10.9. The molecule has 0 aliphatic heterocycles. The Bertz CT molecular complexity index is 1250. The fraction of sp³-hybridized carbons (Fsp3) is 0.240. The van der Waals surface area contributed by atoms with E-state index in [9.17, 15) is 9.90 Å². The summed E-state index contributed by atoms with van der Waals surface area (Å²) in [6.07, 6.45) is 0.685. The summed E-state index contributed by atoms with van der Waals surface area (Å²) < 4.78 is 24.0. The first-order valence-corrected chi connectivity index (χ1v) is 10.3. The van der Waals surface area contributed by atoms with Crippen LogP contribution in [0.5, 0.6) is 23.0 Å². The molecule has 1 N–H and O–H groups in total. The van der Waals surface area contributed by atoms with Crippen molar-refractivity contribution in [3.8, 4) is 23.0 Å². The van der Waals surface area contributed by atoms with Crippen LogP contribution in [0.3, 0.4) is 0 Å². The summed E-state index contributed by atoms with van der Waals surface area (Å²) in [5.74, 6) is 1.77. The van der Waals surface area contributed by atoms with E-state index in [0.717, 1.165) is 21.8 Å². The van der Waals surface area contributed by atoms with Gasteiger partial charge in [0, 0.05) is 34.8 Å². The first-order valence-electron chi connectivity index (χ1n) is 10.3. The van der Waals surface area contributed by atoms with Gasteiger partial charge in [-0.25, -0.2) is 0 Å². The molecule has 7 heteroatoms. The first-order chi connectivity index (χ1) is 15.6. The molecule has 4 rings (SSSR count). The number of para-hydroxylation sites is 1. The number of ether oxygens (including phenoxy) is 4. The number of carbonyl (C=O) groups is 1. The van der Waals surface area contributed by atoms with Crippen LogP contribution in [0.15, 0.2) is 60.7 Å². The monoisotopic (exact) mass is 435 g/mol. The molecule has 1 heterocycles. The molecule has 0 fully saturated rings. The van der Waals surface area contributed by atoms with E-state index in [2.05, 4.69) is 0 Å². The van der Waals surface area contributed by atoms with Crippen molar-refractivity contribution in [1.29, 1.82) is 0 Å². The Hall–Kier alpha value is -3.87. The lowest BCUT2D eigenvalue weighted by Gasteiger charge is -2.11. The smallest absolute Gasteiger partial charge is 0.323 e. The van der Waals surface area contributed by atoms with Gasteiger partial charge in [0.1, 0.15) is 18.0 Å². The highest BCUT2D eigenvalue weighted by atomic mass is 16.5. The van der Waals surface area contributed by atoms with Gasteiger partial charge in [-0.05, 0) is 30.3 Å². The van der Waals surface area contributed by atoms with Gasteiger partial charge in [-0.3, -0.25) is 4.79 Å². The van der Waals surface area contributed by atoms with Crippen molar-refractivity contribution in [3.05, 3.63) is 60.7 Å². The molecule has 0 spiro atoms. The number of carboxylic acids is 1. The molecule has 3 aromatic carbocycles. The molecule has 0 unspecified atom stereocenters. The topological polar surface area (TPSA) is 79.2 Å². The Balaban J connectivity index is 1.41. The molecule has 0 aliphatic carbocycles. The van der Waals surface area contributed by atoms with Crippen molar-refractivity contribution in [1.82, 2.24) is 4.57 Å². The lowest BCUT2D eigenvalue weighted by Crippen LogP contribution is -2.08. The van der Waals surface area contributed by atoms with Crippen LogP contribution < -0.4 is 18.9 Å². The number of carboxylic acid groups (broad SMARTS) is 1. The summed E-state index contributed by atoms with van der Waals surface area (Å²) in [5.41, 5.74) is 1.73. The second kappa shape index (κ2) is 9.51. The number of methoxy groups -OCH3 is 2. The summed E-state index contributed by atoms with van der Waals surface area (Å²) in [4.78, 5) is 11.4. The average Bonchev–Trinajstić information content (AvgIpc) is 3.11. The van der Waals surface area contributed by atoms with Crippen LogP contribution in [0.25, 0.3) is 21.8 Å². The Morgan fingerprint density at radius 2 is 1.47 bits per heavy atom. The van der Waals surface area contributed by atoms with Gasteiger partial charge >= 0.3 is 5.97 Å². The molecular formula is C25H25NO6. The third-order valence-electron chi connectivity index (χ3n) is 5.22.